The molecule has 1 atom stereocenters. The van der Waals surface area contributed by atoms with Crippen LogP contribution in [0.5, 0.6) is 5.75 Å². The summed E-state index contributed by atoms with van der Waals surface area (Å²) in [6, 6.07) is 11.6. The number of benzene rings is 2. The summed E-state index contributed by atoms with van der Waals surface area (Å²) in [6.45, 7) is 3.68. The molecule has 49 heavy (non-hydrogen) atoms. The lowest BCUT2D eigenvalue weighted by atomic mass is 9.90. The second kappa shape index (κ2) is 15.3. The van der Waals surface area contributed by atoms with Crippen molar-refractivity contribution >= 4 is 53.0 Å². The highest BCUT2D eigenvalue weighted by Crippen LogP contribution is 2.29. The standard InChI is InChI=1S/C35H47BBrN5O7/c36-27-19-23(20-28(37)31(27)44)21-30(32(45)40-12-6-25(7-13-40)39-17-10-35(48,22-43)11-18-39)49-34(47)41-14-8-26(9-15-41)42-16-5-24-3-1-2-4-29(24)38-33(42)46/h1-4,19-20,25-26,30,43-44,48H,5-18,21-22,36H2,(H,38,46)/t30-/m1/s1. The number of halogens is 1. The van der Waals surface area contributed by atoms with Gasteiger partial charge in [0.2, 0.25) is 0 Å². The molecule has 264 valence electrons. The van der Waals surface area contributed by atoms with E-state index in [9.17, 15) is 29.7 Å². The average Bonchev–Trinajstić information content (AvgIpc) is 3.28. The number of phenolic OH excluding ortho intramolecular Hbond substituents is 1. The van der Waals surface area contributed by atoms with Gasteiger partial charge in [0.05, 0.1) is 16.7 Å². The number of anilines is 1. The number of urea groups is 1. The van der Waals surface area contributed by atoms with Crippen LogP contribution in [0.25, 0.3) is 0 Å². The second-order valence-electron chi connectivity index (χ2n) is 14.0. The number of hydrogen-bond donors (Lipinski definition) is 4. The van der Waals surface area contributed by atoms with Gasteiger partial charge in [-0.25, -0.2) is 9.59 Å². The van der Waals surface area contributed by atoms with E-state index in [-0.39, 0.29) is 42.8 Å². The van der Waals surface area contributed by atoms with Crippen molar-refractivity contribution in [2.75, 3.05) is 57.7 Å². The highest BCUT2D eigenvalue weighted by Gasteiger charge is 2.38. The summed E-state index contributed by atoms with van der Waals surface area (Å²) in [4.78, 5) is 48.4. The molecule has 14 heteroatoms. The fraction of sp³-hybridized carbons (Fsp3) is 0.571. The first-order valence-electron chi connectivity index (χ1n) is 17.5. The minimum absolute atomic E-state index is 0.00764. The number of rotatable bonds is 7. The topological polar surface area (TPSA) is 146 Å². The Morgan fingerprint density at radius 3 is 2.31 bits per heavy atom. The van der Waals surface area contributed by atoms with Crippen LogP contribution in [0.15, 0.2) is 40.9 Å². The summed E-state index contributed by atoms with van der Waals surface area (Å²) in [5.41, 5.74) is 2.36. The van der Waals surface area contributed by atoms with E-state index in [4.69, 9.17) is 4.74 Å². The number of amides is 4. The maximum absolute atomic E-state index is 14.0. The van der Waals surface area contributed by atoms with Gasteiger partial charge < -0.3 is 45.0 Å². The van der Waals surface area contributed by atoms with Gasteiger partial charge in [0, 0.05) is 70.0 Å². The molecule has 0 unspecified atom stereocenters. The molecule has 0 saturated carbocycles. The number of hydrogen-bond acceptors (Lipinski definition) is 8. The lowest BCUT2D eigenvalue weighted by Crippen LogP contribution is -2.54. The number of likely N-dealkylation sites (tertiary alicyclic amines) is 3. The molecule has 0 radical (unpaired) electrons. The van der Waals surface area contributed by atoms with Gasteiger partial charge in [-0.05, 0) is 89.6 Å². The first kappa shape index (κ1) is 35.5. The molecule has 0 aliphatic carbocycles. The zero-order chi connectivity index (χ0) is 34.7. The largest absolute Gasteiger partial charge is 0.507 e. The number of aliphatic hydroxyl groups is 2. The van der Waals surface area contributed by atoms with Crippen molar-refractivity contribution in [1.82, 2.24) is 19.6 Å². The molecule has 0 aromatic heterocycles. The molecule has 4 amide bonds. The Morgan fingerprint density at radius 2 is 1.63 bits per heavy atom. The molecule has 3 fully saturated rings. The van der Waals surface area contributed by atoms with Crippen molar-refractivity contribution in [2.24, 2.45) is 0 Å². The number of carbonyl (C=O) groups excluding carboxylic acids is 3. The van der Waals surface area contributed by atoms with Crippen LogP contribution in [-0.2, 0) is 22.4 Å². The van der Waals surface area contributed by atoms with Gasteiger partial charge in [-0.15, -0.1) is 0 Å². The molecule has 2 aromatic rings. The fourth-order valence-corrected chi connectivity index (χ4v) is 8.34. The number of aliphatic hydroxyl groups excluding tert-OH is 1. The van der Waals surface area contributed by atoms with Gasteiger partial charge in [0.15, 0.2) is 6.10 Å². The van der Waals surface area contributed by atoms with Crippen molar-refractivity contribution < 1.29 is 34.4 Å². The van der Waals surface area contributed by atoms with E-state index in [2.05, 4.69) is 26.1 Å². The number of carbonyl (C=O) groups is 3. The number of piperidine rings is 3. The lowest BCUT2D eigenvalue weighted by molar-refractivity contribution is -0.143. The molecule has 12 nitrogen and oxygen atoms in total. The zero-order valence-electron chi connectivity index (χ0n) is 28.2. The first-order valence-corrected chi connectivity index (χ1v) is 18.3. The maximum Gasteiger partial charge on any atom is 0.410 e. The van der Waals surface area contributed by atoms with Crippen LogP contribution in [0.4, 0.5) is 15.3 Å². The summed E-state index contributed by atoms with van der Waals surface area (Å²) in [6.07, 6.45) is 3.17. The average molecular weight is 741 g/mol. The zero-order valence-corrected chi connectivity index (χ0v) is 29.7. The predicted octanol–water partition coefficient (Wildman–Crippen LogP) is 1.83. The van der Waals surface area contributed by atoms with Crippen molar-refractivity contribution in [1.29, 1.82) is 0 Å². The van der Waals surface area contributed by atoms with Gasteiger partial charge in [0.1, 0.15) is 13.6 Å². The van der Waals surface area contributed by atoms with E-state index in [0.29, 0.717) is 81.4 Å². The first-order chi connectivity index (χ1) is 23.5. The van der Waals surface area contributed by atoms with Gasteiger partial charge in [0.25, 0.3) is 5.91 Å². The van der Waals surface area contributed by atoms with E-state index in [1.165, 1.54) is 0 Å². The Kier molecular flexibility index (Phi) is 11.1. The molecule has 0 bridgehead atoms. The number of phenols is 1. The van der Waals surface area contributed by atoms with Crippen molar-refractivity contribution in [2.45, 2.75) is 75.2 Å². The van der Waals surface area contributed by atoms with Gasteiger partial charge >= 0.3 is 12.1 Å². The van der Waals surface area contributed by atoms with Crippen molar-refractivity contribution in [3.63, 3.8) is 0 Å². The quantitative estimate of drug-likeness (QED) is 0.315. The van der Waals surface area contributed by atoms with E-state index in [1.54, 1.807) is 29.8 Å². The minimum atomic E-state index is -1.04. The van der Waals surface area contributed by atoms with Gasteiger partial charge in [-0.1, -0.05) is 24.3 Å². The summed E-state index contributed by atoms with van der Waals surface area (Å²) in [7, 11) is 1.78. The molecule has 4 N–H and O–H groups in total. The van der Waals surface area contributed by atoms with E-state index in [0.717, 1.165) is 36.1 Å². The van der Waals surface area contributed by atoms with Crippen LogP contribution < -0.4 is 10.8 Å². The minimum Gasteiger partial charge on any atom is -0.507 e. The summed E-state index contributed by atoms with van der Waals surface area (Å²) < 4.78 is 6.54. The van der Waals surface area contributed by atoms with E-state index in [1.807, 2.05) is 29.2 Å². The van der Waals surface area contributed by atoms with Crippen LogP contribution in [0.1, 0.15) is 49.7 Å². The molecule has 4 aliphatic heterocycles. The molecular formula is C35H47BBrN5O7. The third-order valence-electron chi connectivity index (χ3n) is 10.9. The highest BCUT2D eigenvalue weighted by molar-refractivity contribution is 9.10. The fourth-order valence-electron chi connectivity index (χ4n) is 7.73. The molecule has 4 aliphatic rings. The van der Waals surface area contributed by atoms with Crippen molar-refractivity contribution in [3.05, 3.63) is 52.0 Å². The molecule has 0 spiro atoms. The molecule has 3 saturated heterocycles. The number of fused-ring (bicyclic) bond motifs is 1. The van der Waals surface area contributed by atoms with Crippen LogP contribution in [0.3, 0.4) is 0 Å². The van der Waals surface area contributed by atoms with Gasteiger partial charge in [-0.3, -0.25) is 4.79 Å². The highest BCUT2D eigenvalue weighted by atomic mass is 79.9. The third kappa shape index (κ3) is 8.19. The predicted molar refractivity (Wildman–Crippen MR) is 191 cm³/mol. The smallest absolute Gasteiger partial charge is 0.410 e. The van der Waals surface area contributed by atoms with Crippen LogP contribution in [0.2, 0.25) is 0 Å². The monoisotopic (exact) mass is 739 g/mol. The summed E-state index contributed by atoms with van der Waals surface area (Å²) in [5, 5.41) is 33.3. The molecule has 2 aromatic carbocycles. The number of ether oxygens (including phenoxy) is 1. The van der Waals surface area contributed by atoms with Crippen molar-refractivity contribution in [3.8, 4) is 5.75 Å². The third-order valence-corrected chi connectivity index (χ3v) is 11.5. The number of nitrogens with zero attached hydrogens (tertiary/aromatic N) is 4. The normalized spacial score (nSPS) is 21.4. The molecule has 6 rings (SSSR count). The van der Waals surface area contributed by atoms with Crippen LogP contribution >= 0.6 is 15.9 Å². The Hall–Kier alpha value is -3.33. The van der Waals surface area contributed by atoms with Gasteiger partial charge in [-0.2, -0.15) is 0 Å². The SMILES string of the molecule is Bc1cc(C[C@@H](OC(=O)N2CCC(N3CCc4ccccc4NC3=O)CC2)C(=O)N2CCC(N3CCC(O)(CO)CC3)CC2)cc(Br)c1O. The maximum atomic E-state index is 14.0. The second-order valence-corrected chi connectivity index (χ2v) is 14.9. The number of aromatic hydroxyl groups is 1. The number of nitrogens with one attached hydrogen (secondary N) is 1. The molecular weight excluding hydrogens is 693 g/mol. The summed E-state index contributed by atoms with van der Waals surface area (Å²) in [5.74, 6) is -0.108. The van der Waals surface area contributed by atoms with Crippen LogP contribution in [0, 0.1) is 0 Å². The Morgan fingerprint density at radius 1 is 0.980 bits per heavy atom. The van der Waals surface area contributed by atoms with E-state index >= 15 is 0 Å². The Balaban J connectivity index is 1.07. The van der Waals surface area contributed by atoms with Crippen LogP contribution in [-0.4, -0.2) is 137 Å². The Bertz CT molecular complexity index is 1500. The van der Waals surface area contributed by atoms with E-state index < -0.39 is 17.8 Å². The lowest BCUT2D eigenvalue weighted by Gasteiger charge is -2.44. The number of para-hydroxylation sites is 1. The Labute approximate surface area is 296 Å². The molecule has 4 heterocycles. The summed E-state index contributed by atoms with van der Waals surface area (Å²) >= 11 is 3.40.